The van der Waals surface area contributed by atoms with Crippen LogP contribution < -0.4 is 9.47 Å². The average molecular weight is 359 g/mol. The van der Waals surface area contributed by atoms with Crippen molar-refractivity contribution in [3.05, 3.63) is 47.9 Å². The van der Waals surface area contributed by atoms with Crippen LogP contribution in [0.1, 0.15) is 37.7 Å². The fraction of sp³-hybridized carbons (Fsp3) is 0.524. The molecule has 0 radical (unpaired) electrons. The van der Waals surface area contributed by atoms with Gasteiger partial charge in [-0.2, -0.15) is 0 Å². The van der Waals surface area contributed by atoms with Crippen LogP contribution in [0.25, 0.3) is 0 Å². The normalized spacial score (nSPS) is 20.2. The molecule has 1 aromatic carbocycles. The fourth-order valence-electron chi connectivity index (χ4n) is 3.13. The molecule has 2 aromatic rings. The van der Waals surface area contributed by atoms with Crippen LogP contribution in [0.2, 0.25) is 0 Å². The van der Waals surface area contributed by atoms with Gasteiger partial charge in [0.2, 0.25) is 0 Å². The molecule has 0 spiro atoms. The van der Waals surface area contributed by atoms with Gasteiger partial charge in [-0.3, -0.25) is 4.90 Å². The van der Waals surface area contributed by atoms with E-state index in [-0.39, 0.29) is 6.61 Å². The SMILES string of the molecule is CCOc1ccc(OC[C@H](O)CN(C)Cc2ccc([C@@H]3C[C@@H]3C)o2)cc1. The van der Waals surface area contributed by atoms with Crippen molar-refractivity contribution in [3.63, 3.8) is 0 Å². The lowest BCUT2D eigenvalue weighted by molar-refractivity contribution is 0.0724. The Morgan fingerprint density at radius 2 is 1.81 bits per heavy atom. The van der Waals surface area contributed by atoms with Crippen LogP contribution in [-0.4, -0.2) is 42.9 Å². The molecule has 0 saturated heterocycles. The second kappa shape index (κ2) is 8.60. The quantitative estimate of drug-likeness (QED) is 0.701. The summed E-state index contributed by atoms with van der Waals surface area (Å²) < 4.78 is 17.0. The topological polar surface area (TPSA) is 55.1 Å². The maximum absolute atomic E-state index is 10.2. The van der Waals surface area contributed by atoms with E-state index in [4.69, 9.17) is 13.9 Å². The van der Waals surface area contributed by atoms with Crippen molar-refractivity contribution in [3.8, 4) is 11.5 Å². The highest BCUT2D eigenvalue weighted by atomic mass is 16.5. The first-order valence-electron chi connectivity index (χ1n) is 9.36. The summed E-state index contributed by atoms with van der Waals surface area (Å²) in [5.74, 6) is 4.93. The summed E-state index contributed by atoms with van der Waals surface area (Å²) in [4.78, 5) is 2.05. The molecule has 1 saturated carbocycles. The number of benzene rings is 1. The molecular formula is C21H29NO4. The lowest BCUT2D eigenvalue weighted by Crippen LogP contribution is -2.32. The van der Waals surface area contributed by atoms with E-state index in [9.17, 15) is 5.11 Å². The first-order chi connectivity index (χ1) is 12.5. The van der Waals surface area contributed by atoms with E-state index in [1.54, 1.807) is 0 Å². The van der Waals surface area contributed by atoms with Gasteiger partial charge in [-0.15, -0.1) is 0 Å². The second-order valence-electron chi connectivity index (χ2n) is 7.19. The van der Waals surface area contributed by atoms with Crippen molar-refractivity contribution in [2.75, 3.05) is 26.8 Å². The first kappa shape index (κ1) is 18.8. The van der Waals surface area contributed by atoms with Crippen LogP contribution in [0, 0.1) is 5.92 Å². The smallest absolute Gasteiger partial charge is 0.119 e. The summed E-state index contributed by atoms with van der Waals surface area (Å²) in [5, 5.41) is 10.2. The molecular weight excluding hydrogens is 330 g/mol. The molecule has 1 aromatic heterocycles. The molecule has 1 aliphatic rings. The van der Waals surface area contributed by atoms with Gasteiger partial charge < -0.3 is 19.0 Å². The van der Waals surface area contributed by atoms with Crippen molar-refractivity contribution >= 4 is 0 Å². The third-order valence-electron chi connectivity index (χ3n) is 4.68. The Labute approximate surface area is 155 Å². The van der Waals surface area contributed by atoms with Crippen LogP contribution in [0.5, 0.6) is 11.5 Å². The Kier molecular flexibility index (Phi) is 6.22. The van der Waals surface area contributed by atoms with Gasteiger partial charge in [0.15, 0.2) is 0 Å². The van der Waals surface area contributed by atoms with E-state index < -0.39 is 6.10 Å². The second-order valence-corrected chi connectivity index (χ2v) is 7.19. The molecule has 0 bridgehead atoms. The van der Waals surface area contributed by atoms with Gasteiger partial charge in [0.1, 0.15) is 35.7 Å². The van der Waals surface area contributed by atoms with Crippen molar-refractivity contribution in [2.45, 2.75) is 38.8 Å². The summed E-state index contributed by atoms with van der Waals surface area (Å²) in [5.41, 5.74) is 0. The molecule has 1 aliphatic carbocycles. The maximum Gasteiger partial charge on any atom is 0.119 e. The molecule has 1 fully saturated rings. The molecule has 26 heavy (non-hydrogen) atoms. The Balaban J connectivity index is 1.39. The number of hydrogen-bond donors (Lipinski definition) is 1. The van der Waals surface area contributed by atoms with Crippen molar-refractivity contribution < 1.29 is 19.0 Å². The number of likely N-dealkylation sites (N-methyl/N-ethyl adjacent to an activating group) is 1. The predicted molar refractivity (Wildman–Crippen MR) is 101 cm³/mol. The lowest BCUT2D eigenvalue weighted by atomic mass is 10.3. The highest BCUT2D eigenvalue weighted by Gasteiger charge is 2.36. The molecule has 5 heteroatoms. The van der Waals surface area contributed by atoms with Crippen LogP contribution >= 0.6 is 0 Å². The molecule has 3 rings (SSSR count). The van der Waals surface area contributed by atoms with Gasteiger partial charge in [0, 0.05) is 12.5 Å². The van der Waals surface area contributed by atoms with Gasteiger partial charge in [-0.05, 0) is 62.7 Å². The Bertz CT molecular complexity index is 682. The molecule has 142 valence electrons. The molecule has 1 N–H and O–H groups in total. The Morgan fingerprint density at radius 1 is 1.15 bits per heavy atom. The number of aliphatic hydroxyl groups is 1. The predicted octanol–water partition coefficient (Wildman–Crippen LogP) is 3.67. The van der Waals surface area contributed by atoms with Gasteiger partial charge in [0.25, 0.3) is 0 Å². The monoisotopic (exact) mass is 359 g/mol. The minimum absolute atomic E-state index is 0.251. The minimum Gasteiger partial charge on any atom is -0.494 e. The third-order valence-corrected chi connectivity index (χ3v) is 4.68. The average Bonchev–Trinajstić information content (AvgIpc) is 3.16. The highest BCUT2D eigenvalue weighted by molar-refractivity contribution is 5.31. The maximum atomic E-state index is 10.2. The van der Waals surface area contributed by atoms with E-state index >= 15 is 0 Å². The molecule has 3 atom stereocenters. The van der Waals surface area contributed by atoms with Crippen molar-refractivity contribution in [1.82, 2.24) is 4.90 Å². The summed E-state index contributed by atoms with van der Waals surface area (Å²) in [6, 6.07) is 11.6. The van der Waals surface area contributed by atoms with Gasteiger partial charge in [-0.1, -0.05) is 6.92 Å². The molecule has 0 aliphatic heterocycles. The molecule has 0 amide bonds. The van der Waals surface area contributed by atoms with Crippen LogP contribution in [0.3, 0.4) is 0 Å². The van der Waals surface area contributed by atoms with Crippen LogP contribution in [-0.2, 0) is 6.54 Å². The molecule has 0 unspecified atom stereocenters. The summed E-state index contributed by atoms with van der Waals surface area (Å²) >= 11 is 0. The summed E-state index contributed by atoms with van der Waals surface area (Å²) in [7, 11) is 1.97. The van der Waals surface area contributed by atoms with E-state index in [2.05, 4.69) is 13.0 Å². The Morgan fingerprint density at radius 3 is 2.42 bits per heavy atom. The Hall–Kier alpha value is -1.98. The van der Waals surface area contributed by atoms with E-state index in [0.717, 1.165) is 28.9 Å². The number of hydrogen-bond acceptors (Lipinski definition) is 5. The lowest BCUT2D eigenvalue weighted by Gasteiger charge is -2.20. The summed E-state index contributed by atoms with van der Waals surface area (Å²) in [6.07, 6.45) is 0.661. The largest absolute Gasteiger partial charge is 0.494 e. The zero-order chi connectivity index (χ0) is 18.5. The molecule has 1 heterocycles. The van der Waals surface area contributed by atoms with Crippen molar-refractivity contribution in [1.29, 1.82) is 0 Å². The minimum atomic E-state index is -0.565. The zero-order valence-corrected chi connectivity index (χ0v) is 15.9. The van der Waals surface area contributed by atoms with E-state index in [1.807, 2.05) is 49.2 Å². The number of nitrogens with zero attached hydrogens (tertiary/aromatic N) is 1. The standard InChI is InChI=1S/C21H29NO4/c1-4-24-17-5-7-18(8-6-17)25-14-16(23)12-22(3)13-19-9-10-21(26-19)20-11-15(20)2/h5-10,15-16,20,23H,4,11-14H2,1-3H3/t15-,16+,20+/m0/s1. The van der Waals surface area contributed by atoms with Crippen LogP contribution in [0.15, 0.2) is 40.8 Å². The number of aliphatic hydroxyl groups excluding tert-OH is 1. The van der Waals surface area contributed by atoms with Gasteiger partial charge in [-0.25, -0.2) is 0 Å². The number of ether oxygens (including phenoxy) is 2. The number of rotatable bonds is 10. The van der Waals surface area contributed by atoms with E-state index in [1.165, 1.54) is 6.42 Å². The van der Waals surface area contributed by atoms with Gasteiger partial charge >= 0.3 is 0 Å². The fourth-order valence-corrected chi connectivity index (χ4v) is 3.13. The third kappa shape index (κ3) is 5.26. The van der Waals surface area contributed by atoms with E-state index in [0.29, 0.717) is 25.6 Å². The first-order valence-corrected chi connectivity index (χ1v) is 9.36. The van der Waals surface area contributed by atoms with Crippen molar-refractivity contribution in [2.24, 2.45) is 5.92 Å². The number of furan rings is 1. The summed E-state index contributed by atoms with van der Waals surface area (Å²) in [6.45, 7) is 6.30. The van der Waals surface area contributed by atoms with Crippen LogP contribution in [0.4, 0.5) is 0 Å². The molecule has 5 nitrogen and oxygen atoms in total. The zero-order valence-electron chi connectivity index (χ0n) is 15.9. The van der Waals surface area contributed by atoms with Gasteiger partial charge in [0.05, 0.1) is 13.2 Å². The highest BCUT2D eigenvalue weighted by Crippen LogP contribution is 2.47.